The number of benzene rings is 2. The third-order valence-electron chi connectivity index (χ3n) is 4.10. The summed E-state index contributed by atoms with van der Waals surface area (Å²) < 4.78 is 39.7. The molecular formula is C18H20FN3O3S. The van der Waals surface area contributed by atoms with E-state index in [0.29, 0.717) is 24.5 Å². The molecule has 1 aliphatic heterocycles. The SMILES string of the molecule is O=C(CNc1cccc(F)c1)Nc1cccc(S(=O)(=O)N2CCCC2)c1. The number of hydrogen-bond acceptors (Lipinski definition) is 4. The van der Waals surface area contributed by atoms with Gasteiger partial charge < -0.3 is 10.6 Å². The molecule has 1 aliphatic rings. The van der Waals surface area contributed by atoms with Crippen molar-refractivity contribution in [1.82, 2.24) is 4.31 Å². The lowest BCUT2D eigenvalue weighted by atomic mass is 10.3. The number of carbonyl (C=O) groups excluding carboxylic acids is 1. The van der Waals surface area contributed by atoms with E-state index >= 15 is 0 Å². The van der Waals surface area contributed by atoms with Crippen molar-refractivity contribution in [3.63, 3.8) is 0 Å². The predicted octanol–water partition coefficient (Wildman–Crippen LogP) is 2.66. The number of amides is 1. The van der Waals surface area contributed by atoms with Crippen molar-refractivity contribution in [3.8, 4) is 0 Å². The number of nitrogens with zero attached hydrogens (tertiary/aromatic N) is 1. The Morgan fingerprint density at radius 3 is 2.46 bits per heavy atom. The van der Waals surface area contributed by atoms with E-state index in [9.17, 15) is 17.6 Å². The molecule has 2 aromatic rings. The second-order valence-corrected chi connectivity index (χ2v) is 7.99. The van der Waals surface area contributed by atoms with E-state index in [4.69, 9.17) is 0 Å². The Hall–Kier alpha value is -2.45. The fraction of sp³-hybridized carbons (Fsp3) is 0.278. The molecular weight excluding hydrogens is 357 g/mol. The predicted molar refractivity (Wildman–Crippen MR) is 98.0 cm³/mol. The van der Waals surface area contributed by atoms with E-state index in [2.05, 4.69) is 10.6 Å². The first-order valence-electron chi connectivity index (χ1n) is 8.35. The molecule has 8 heteroatoms. The van der Waals surface area contributed by atoms with Gasteiger partial charge in [-0.05, 0) is 49.2 Å². The Morgan fingerprint density at radius 2 is 1.73 bits per heavy atom. The van der Waals surface area contributed by atoms with Gasteiger partial charge in [-0.1, -0.05) is 12.1 Å². The Balaban J connectivity index is 1.64. The molecule has 138 valence electrons. The van der Waals surface area contributed by atoms with Crippen molar-refractivity contribution in [1.29, 1.82) is 0 Å². The zero-order valence-electron chi connectivity index (χ0n) is 14.1. The van der Waals surface area contributed by atoms with Crippen molar-refractivity contribution in [2.45, 2.75) is 17.7 Å². The number of carbonyl (C=O) groups is 1. The highest BCUT2D eigenvalue weighted by Gasteiger charge is 2.27. The fourth-order valence-electron chi connectivity index (χ4n) is 2.80. The van der Waals surface area contributed by atoms with Crippen LogP contribution in [0.3, 0.4) is 0 Å². The quantitative estimate of drug-likeness (QED) is 0.811. The topological polar surface area (TPSA) is 78.5 Å². The summed E-state index contributed by atoms with van der Waals surface area (Å²) in [6, 6.07) is 12.0. The Labute approximate surface area is 152 Å². The van der Waals surface area contributed by atoms with E-state index in [1.165, 1.54) is 28.6 Å². The maximum absolute atomic E-state index is 13.1. The lowest BCUT2D eigenvalue weighted by molar-refractivity contribution is -0.114. The smallest absolute Gasteiger partial charge is 0.243 e. The minimum atomic E-state index is -3.53. The minimum Gasteiger partial charge on any atom is -0.376 e. The zero-order valence-corrected chi connectivity index (χ0v) is 14.9. The highest BCUT2D eigenvalue weighted by Crippen LogP contribution is 2.23. The van der Waals surface area contributed by atoms with Gasteiger partial charge in [0.05, 0.1) is 11.4 Å². The van der Waals surface area contributed by atoms with Crippen LogP contribution in [0.2, 0.25) is 0 Å². The van der Waals surface area contributed by atoms with E-state index in [1.807, 2.05) is 0 Å². The summed E-state index contributed by atoms with van der Waals surface area (Å²) in [6.07, 6.45) is 1.73. The second-order valence-electron chi connectivity index (χ2n) is 6.05. The van der Waals surface area contributed by atoms with Gasteiger partial charge in [0.2, 0.25) is 15.9 Å². The molecule has 0 unspecified atom stereocenters. The molecule has 2 aromatic carbocycles. The number of rotatable bonds is 6. The number of halogens is 1. The molecule has 0 saturated carbocycles. The molecule has 26 heavy (non-hydrogen) atoms. The Kier molecular flexibility index (Phi) is 5.53. The molecule has 6 nitrogen and oxygen atoms in total. The largest absolute Gasteiger partial charge is 0.376 e. The van der Waals surface area contributed by atoms with Crippen LogP contribution in [0, 0.1) is 5.82 Å². The van der Waals surface area contributed by atoms with Crippen LogP contribution in [0.5, 0.6) is 0 Å². The minimum absolute atomic E-state index is 0.0629. The maximum atomic E-state index is 13.1. The summed E-state index contributed by atoms with van der Waals surface area (Å²) in [7, 11) is -3.53. The van der Waals surface area contributed by atoms with Crippen molar-refractivity contribution in [3.05, 3.63) is 54.3 Å². The van der Waals surface area contributed by atoms with Crippen LogP contribution in [0.25, 0.3) is 0 Å². The monoisotopic (exact) mass is 377 g/mol. The van der Waals surface area contributed by atoms with E-state index < -0.39 is 15.8 Å². The summed E-state index contributed by atoms with van der Waals surface area (Å²) in [5.74, 6) is -0.750. The lowest BCUT2D eigenvalue weighted by Gasteiger charge is -2.16. The van der Waals surface area contributed by atoms with Crippen molar-refractivity contribution < 1.29 is 17.6 Å². The molecule has 0 atom stereocenters. The Bertz CT molecular complexity index is 896. The highest BCUT2D eigenvalue weighted by molar-refractivity contribution is 7.89. The number of sulfonamides is 1. The third kappa shape index (κ3) is 4.39. The summed E-state index contributed by atoms with van der Waals surface area (Å²) in [6.45, 7) is 0.986. The summed E-state index contributed by atoms with van der Waals surface area (Å²) >= 11 is 0. The van der Waals surface area contributed by atoms with Crippen molar-refractivity contribution in [2.24, 2.45) is 0 Å². The molecule has 1 heterocycles. The van der Waals surface area contributed by atoms with Crippen LogP contribution in [0.1, 0.15) is 12.8 Å². The van der Waals surface area contributed by atoms with Crippen molar-refractivity contribution in [2.75, 3.05) is 30.3 Å². The molecule has 0 radical (unpaired) electrons. The zero-order chi connectivity index (χ0) is 18.6. The van der Waals surface area contributed by atoms with Gasteiger partial charge >= 0.3 is 0 Å². The standard InChI is InChI=1S/C18H20FN3O3S/c19-14-5-3-6-15(11-14)20-13-18(23)21-16-7-4-8-17(12-16)26(24,25)22-9-1-2-10-22/h3-8,11-12,20H,1-2,9-10,13H2,(H,21,23). The summed E-state index contributed by atoms with van der Waals surface area (Å²) in [5.41, 5.74) is 0.891. The van der Waals surface area contributed by atoms with Crippen molar-refractivity contribution >= 4 is 27.3 Å². The lowest BCUT2D eigenvalue weighted by Crippen LogP contribution is -2.28. The van der Waals surface area contributed by atoms with Crippen LogP contribution in [-0.2, 0) is 14.8 Å². The molecule has 0 spiro atoms. The van der Waals surface area contributed by atoms with Crippen LogP contribution in [0.15, 0.2) is 53.4 Å². The van der Waals surface area contributed by atoms with E-state index in [-0.39, 0.29) is 17.3 Å². The molecule has 0 aliphatic carbocycles. The van der Waals surface area contributed by atoms with Gasteiger partial charge in [-0.25, -0.2) is 12.8 Å². The Morgan fingerprint density at radius 1 is 1.04 bits per heavy atom. The van der Waals surface area contributed by atoms with Gasteiger partial charge in [0, 0.05) is 24.5 Å². The average Bonchev–Trinajstić information content (AvgIpc) is 3.16. The van der Waals surface area contributed by atoms with Gasteiger partial charge in [-0.15, -0.1) is 0 Å². The van der Waals surface area contributed by atoms with Crippen LogP contribution in [-0.4, -0.2) is 38.3 Å². The van der Waals surface area contributed by atoms with Gasteiger partial charge in [0.15, 0.2) is 0 Å². The summed E-state index contributed by atoms with van der Waals surface area (Å²) in [4.78, 5) is 12.2. The van der Waals surface area contributed by atoms with Crippen LogP contribution in [0.4, 0.5) is 15.8 Å². The second kappa shape index (κ2) is 7.84. The van der Waals surface area contributed by atoms with Gasteiger partial charge in [-0.3, -0.25) is 4.79 Å². The first kappa shape index (κ1) is 18.3. The number of anilines is 2. The third-order valence-corrected chi connectivity index (χ3v) is 5.99. The molecule has 0 aromatic heterocycles. The molecule has 1 saturated heterocycles. The maximum Gasteiger partial charge on any atom is 0.243 e. The highest BCUT2D eigenvalue weighted by atomic mass is 32.2. The number of hydrogen-bond donors (Lipinski definition) is 2. The average molecular weight is 377 g/mol. The molecule has 3 rings (SSSR count). The van der Waals surface area contributed by atoms with Crippen LogP contribution < -0.4 is 10.6 Å². The molecule has 0 bridgehead atoms. The molecule has 1 amide bonds. The normalized spacial score (nSPS) is 15.0. The molecule has 2 N–H and O–H groups in total. The van der Waals surface area contributed by atoms with Gasteiger partial charge in [-0.2, -0.15) is 4.31 Å². The fourth-order valence-corrected chi connectivity index (χ4v) is 4.36. The summed E-state index contributed by atoms with van der Waals surface area (Å²) in [5, 5.41) is 5.47. The van der Waals surface area contributed by atoms with Gasteiger partial charge in [0.1, 0.15) is 5.82 Å². The van der Waals surface area contributed by atoms with E-state index in [1.54, 1.807) is 24.3 Å². The van der Waals surface area contributed by atoms with Crippen LogP contribution >= 0.6 is 0 Å². The first-order chi connectivity index (χ1) is 12.4. The van der Waals surface area contributed by atoms with E-state index in [0.717, 1.165) is 12.8 Å². The first-order valence-corrected chi connectivity index (χ1v) is 9.79. The number of nitrogens with one attached hydrogen (secondary N) is 2. The van der Waals surface area contributed by atoms with Gasteiger partial charge in [0.25, 0.3) is 0 Å². The molecule has 1 fully saturated rings.